The molecule has 7 nitrogen and oxygen atoms in total. The third kappa shape index (κ3) is 5.40. The van der Waals surface area contributed by atoms with Crippen LogP contribution in [0.3, 0.4) is 0 Å². The summed E-state index contributed by atoms with van der Waals surface area (Å²) in [4.78, 5) is 30.0. The minimum absolute atomic E-state index is 0.0178. The number of rotatable bonds is 8. The van der Waals surface area contributed by atoms with Crippen molar-refractivity contribution in [1.82, 2.24) is 15.0 Å². The van der Waals surface area contributed by atoms with Crippen LogP contribution in [0.5, 0.6) is 0 Å². The van der Waals surface area contributed by atoms with Crippen molar-refractivity contribution < 1.29 is 14.1 Å². The van der Waals surface area contributed by atoms with Crippen molar-refractivity contribution in [3.8, 4) is 0 Å². The van der Waals surface area contributed by atoms with Crippen LogP contribution in [0.1, 0.15) is 23.5 Å². The summed E-state index contributed by atoms with van der Waals surface area (Å²) in [7, 11) is 0. The number of amides is 2. The molecule has 2 aromatic rings. The molecule has 0 saturated carbocycles. The van der Waals surface area contributed by atoms with Crippen molar-refractivity contribution in [2.24, 2.45) is 0 Å². The molecule has 140 valence electrons. The maximum absolute atomic E-state index is 12.7. The van der Waals surface area contributed by atoms with E-state index in [4.69, 9.17) is 4.52 Å². The Balaban J connectivity index is 1.58. The summed E-state index contributed by atoms with van der Waals surface area (Å²) >= 11 is 1.56. The molecule has 2 amide bonds. The first-order chi connectivity index (χ1) is 12.6. The lowest BCUT2D eigenvalue weighted by Crippen LogP contribution is -2.43. The molecule has 2 aromatic heterocycles. The molecule has 8 heteroatoms. The van der Waals surface area contributed by atoms with E-state index in [-0.39, 0.29) is 18.4 Å². The number of carbonyl (C=O) groups excluding carboxylic acids is 2. The summed E-state index contributed by atoms with van der Waals surface area (Å²) in [6.07, 6.45) is 2.73. The predicted molar refractivity (Wildman–Crippen MR) is 100 cm³/mol. The van der Waals surface area contributed by atoms with Gasteiger partial charge in [-0.2, -0.15) is 0 Å². The van der Waals surface area contributed by atoms with E-state index < -0.39 is 0 Å². The second-order valence-corrected chi connectivity index (χ2v) is 7.52. The van der Waals surface area contributed by atoms with E-state index in [2.05, 4.69) is 15.4 Å². The minimum Gasteiger partial charge on any atom is -0.360 e. The summed E-state index contributed by atoms with van der Waals surface area (Å²) in [5.74, 6) is 0.704. The molecule has 3 heterocycles. The first-order valence-corrected chi connectivity index (χ1v) is 9.74. The highest BCUT2D eigenvalue weighted by Gasteiger charge is 2.20. The van der Waals surface area contributed by atoms with Crippen molar-refractivity contribution in [3.63, 3.8) is 0 Å². The molecule has 26 heavy (non-hydrogen) atoms. The maximum Gasteiger partial charge on any atom is 0.245 e. The van der Waals surface area contributed by atoms with Gasteiger partial charge in [-0.3, -0.25) is 9.59 Å². The van der Waals surface area contributed by atoms with Crippen LogP contribution in [0.15, 0.2) is 28.1 Å². The highest BCUT2D eigenvalue weighted by atomic mass is 32.1. The zero-order valence-corrected chi connectivity index (χ0v) is 15.8. The highest BCUT2D eigenvalue weighted by Crippen LogP contribution is 2.12. The second kappa shape index (κ2) is 8.95. The lowest BCUT2D eigenvalue weighted by atomic mass is 10.3. The summed E-state index contributed by atoms with van der Waals surface area (Å²) in [6.45, 7) is 5.26. The molecule has 1 aliphatic rings. The maximum atomic E-state index is 12.7. The normalized spacial score (nSPS) is 14.5. The van der Waals surface area contributed by atoms with Crippen molar-refractivity contribution >= 4 is 29.0 Å². The van der Waals surface area contributed by atoms with Gasteiger partial charge in [0.15, 0.2) is 5.82 Å². The fourth-order valence-electron chi connectivity index (χ4n) is 3.02. The van der Waals surface area contributed by atoms with Crippen molar-refractivity contribution in [2.45, 2.75) is 26.2 Å². The van der Waals surface area contributed by atoms with Crippen LogP contribution in [-0.2, 0) is 16.0 Å². The van der Waals surface area contributed by atoms with E-state index in [1.165, 1.54) is 12.8 Å². The van der Waals surface area contributed by atoms with Gasteiger partial charge in [-0.25, -0.2) is 0 Å². The molecule has 1 saturated heterocycles. The Kier molecular flexibility index (Phi) is 6.40. The molecule has 0 atom stereocenters. The van der Waals surface area contributed by atoms with Crippen molar-refractivity contribution in [1.29, 1.82) is 0 Å². The van der Waals surface area contributed by atoms with Crippen LogP contribution in [0.25, 0.3) is 0 Å². The third-order valence-corrected chi connectivity index (χ3v) is 5.25. The molecule has 1 fully saturated rings. The van der Waals surface area contributed by atoms with Crippen LogP contribution < -0.4 is 5.32 Å². The Morgan fingerprint density at radius 3 is 2.85 bits per heavy atom. The second-order valence-electron chi connectivity index (χ2n) is 6.49. The number of likely N-dealkylation sites (tertiary alicyclic amines) is 1. The van der Waals surface area contributed by atoms with Gasteiger partial charge < -0.3 is 19.6 Å². The Hall–Kier alpha value is -2.19. The summed E-state index contributed by atoms with van der Waals surface area (Å²) in [5.41, 5.74) is 0. The van der Waals surface area contributed by atoms with Gasteiger partial charge in [-0.15, -0.1) is 11.3 Å². The van der Waals surface area contributed by atoms with E-state index in [0.29, 0.717) is 24.5 Å². The number of carbonyl (C=O) groups is 2. The quantitative estimate of drug-likeness (QED) is 0.764. The summed E-state index contributed by atoms with van der Waals surface area (Å²) < 4.78 is 4.95. The molecule has 0 unspecified atom stereocenters. The number of anilines is 1. The van der Waals surface area contributed by atoms with Crippen LogP contribution >= 0.6 is 11.3 Å². The van der Waals surface area contributed by atoms with Crippen LogP contribution in [0.2, 0.25) is 0 Å². The first kappa shape index (κ1) is 18.6. The van der Waals surface area contributed by atoms with E-state index in [1.54, 1.807) is 29.2 Å². The fourth-order valence-corrected chi connectivity index (χ4v) is 3.71. The fraction of sp³-hybridized carbons (Fsp3) is 0.500. The summed E-state index contributed by atoms with van der Waals surface area (Å²) in [6, 6.07) is 5.53. The Morgan fingerprint density at radius 1 is 1.38 bits per heavy atom. The van der Waals surface area contributed by atoms with Crippen LogP contribution in [0, 0.1) is 6.92 Å². The summed E-state index contributed by atoms with van der Waals surface area (Å²) in [5, 5.41) is 8.40. The molecular formula is C18H24N4O3S. The minimum atomic E-state index is -0.265. The SMILES string of the molecule is Cc1cc(NC(=O)CN(CCN2CCCC2)C(=O)Cc2cccs2)no1. The number of aromatic nitrogens is 1. The number of thiophene rings is 1. The standard InChI is InChI=1S/C18H24N4O3S/c1-14-11-16(20-25-14)19-17(23)13-22(9-8-21-6-2-3-7-21)18(24)12-15-5-4-10-26-15/h4-5,10-11H,2-3,6-9,12-13H2,1H3,(H,19,20,23). The average Bonchev–Trinajstić information content (AvgIpc) is 3.35. The number of aryl methyl sites for hydroxylation is 1. The van der Waals surface area contributed by atoms with Crippen LogP contribution in [-0.4, -0.2) is 59.5 Å². The van der Waals surface area contributed by atoms with E-state index in [9.17, 15) is 9.59 Å². The van der Waals surface area contributed by atoms with Crippen LogP contribution in [0.4, 0.5) is 5.82 Å². The van der Waals surface area contributed by atoms with Gasteiger partial charge in [0.1, 0.15) is 5.76 Å². The first-order valence-electron chi connectivity index (χ1n) is 8.86. The zero-order valence-electron chi connectivity index (χ0n) is 14.9. The van der Waals surface area contributed by atoms with Gasteiger partial charge in [0.2, 0.25) is 11.8 Å². The van der Waals surface area contributed by atoms with E-state index in [1.807, 2.05) is 17.5 Å². The predicted octanol–water partition coefficient (Wildman–Crippen LogP) is 2.15. The number of nitrogens with zero attached hydrogens (tertiary/aromatic N) is 3. The lowest BCUT2D eigenvalue weighted by Gasteiger charge is -2.25. The molecule has 0 spiro atoms. The molecule has 1 aliphatic heterocycles. The Morgan fingerprint density at radius 2 is 2.19 bits per heavy atom. The van der Waals surface area contributed by atoms with E-state index in [0.717, 1.165) is 24.5 Å². The molecular weight excluding hydrogens is 352 g/mol. The average molecular weight is 376 g/mol. The van der Waals surface area contributed by atoms with Gasteiger partial charge in [0.05, 0.1) is 13.0 Å². The van der Waals surface area contributed by atoms with Gasteiger partial charge >= 0.3 is 0 Å². The highest BCUT2D eigenvalue weighted by molar-refractivity contribution is 7.10. The third-order valence-electron chi connectivity index (χ3n) is 4.37. The van der Waals surface area contributed by atoms with Gasteiger partial charge in [0, 0.05) is 24.0 Å². The Bertz CT molecular complexity index is 723. The van der Waals surface area contributed by atoms with E-state index >= 15 is 0 Å². The molecule has 0 aromatic carbocycles. The van der Waals surface area contributed by atoms with Gasteiger partial charge in [-0.05, 0) is 44.3 Å². The van der Waals surface area contributed by atoms with Crippen molar-refractivity contribution in [2.75, 3.05) is 38.0 Å². The largest absolute Gasteiger partial charge is 0.360 e. The molecule has 0 radical (unpaired) electrons. The molecule has 3 rings (SSSR count). The lowest BCUT2D eigenvalue weighted by molar-refractivity contribution is -0.134. The zero-order chi connectivity index (χ0) is 18.4. The molecule has 0 aliphatic carbocycles. The topological polar surface area (TPSA) is 78.7 Å². The molecule has 0 bridgehead atoms. The number of nitrogens with one attached hydrogen (secondary N) is 1. The van der Waals surface area contributed by atoms with Gasteiger partial charge in [0.25, 0.3) is 0 Å². The molecule has 1 N–H and O–H groups in total. The Labute approximate surface area is 156 Å². The van der Waals surface area contributed by atoms with Crippen molar-refractivity contribution in [3.05, 3.63) is 34.2 Å². The number of hydrogen-bond donors (Lipinski definition) is 1. The number of hydrogen-bond acceptors (Lipinski definition) is 6. The van der Waals surface area contributed by atoms with Gasteiger partial charge in [-0.1, -0.05) is 11.2 Å². The monoisotopic (exact) mass is 376 g/mol. The smallest absolute Gasteiger partial charge is 0.245 e.